The fourth-order valence-electron chi connectivity index (χ4n) is 7.58. The average Bonchev–Trinajstić information content (AvgIpc) is 3.82. The van der Waals surface area contributed by atoms with E-state index in [2.05, 4.69) is 126 Å². The standard InChI is InChI=1S/C42H23N3OS/c1-2-13-25(14-3-1)36-40-37(31-23-22-24-12-4-5-15-26(24)39(31)46-40)44-42(43-36)45-32-20-10-8-18-29(32)34-35-30-19-9-11-21-33(30)47-41(35)28-17-7-6-16-27(28)38(34)45/h1-23H. The molecule has 4 nitrogen and oxygen atoms in total. The van der Waals surface area contributed by atoms with Crippen molar-refractivity contribution in [3.8, 4) is 17.2 Å². The van der Waals surface area contributed by atoms with Gasteiger partial charge in [0.25, 0.3) is 0 Å². The summed E-state index contributed by atoms with van der Waals surface area (Å²) in [6, 6.07) is 49.2. The van der Waals surface area contributed by atoms with Crippen LogP contribution in [0.2, 0.25) is 0 Å². The number of thiophene rings is 1. The van der Waals surface area contributed by atoms with Crippen molar-refractivity contribution in [3.63, 3.8) is 0 Å². The molecule has 11 aromatic rings. The van der Waals surface area contributed by atoms with E-state index in [1.54, 1.807) is 0 Å². The van der Waals surface area contributed by atoms with Gasteiger partial charge in [-0.3, -0.25) is 4.57 Å². The number of fused-ring (bicyclic) bond motifs is 15. The maximum Gasteiger partial charge on any atom is 0.236 e. The van der Waals surface area contributed by atoms with Crippen LogP contribution < -0.4 is 0 Å². The average molecular weight is 618 g/mol. The molecule has 0 aliphatic carbocycles. The van der Waals surface area contributed by atoms with Crippen LogP contribution in [0.3, 0.4) is 0 Å². The quantitative estimate of drug-likeness (QED) is 0.194. The second-order valence-electron chi connectivity index (χ2n) is 12.1. The van der Waals surface area contributed by atoms with Crippen molar-refractivity contribution in [3.05, 3.63) is 140 Å². The number of hydrogen-bond acceptors (Lipinski definition) is 4. The minimum atomic E-state index is 0.627. The van der Waals surface area contributed by atoms with E-state index in [1.165, 1.54) is 41.7 Å². The van der Waals surface area contributed by atoms with Crippen LogP contribution in [0.4, 0.5) is 0 Å². The highest BCUT2D eigenvalue weighted by Gasteiger charge is 2.25. The molecule has 0 unspecified atom stereocenters. The van der Waals surface area contributed by atoms with E-state index in [-0.39, 0.29) is 0 Å². The first-order valence-electron chi connectivity index (χ1n) is 15.8. The molecule has 0 N–H and O–H groups in total. The molecule has 4 aromatic heterocycles. The van der Waals surface area contributed by atoms with Gasteiger partial charge in [0, 0.05) is 58.1 Å². The molecule has 0 aliphatic rings. The van der Waals surface area contributed by atoms with Crippen LogP contribution in [0.25, 0.3) is 103 Å². The topological polar surface area (TPSA) is 43.9 Å². The van der Waals surface area contributed by atoms with Gasteiger partial charge in [0.1, 0.15) is 16.8 Å². The van der Waals surface area contributed by atoms with Crippen molar-refractivity contribution in [2.45, 2.75) is 0 Å². The molecule has 0 aliphatic heterocycles. The Kier molecular flexibility index (Phi) is 4.96. The summed E-state index contributed by atoms with van der Waals surface area (Å²) in [6.07, 6.45) is 0. The van der Waals surface area contributed by atoms with Crippen LogP contribution in [-0.2, 0) is 0 Å². The Morgan fingerprint density at radius 3 is 2.09 bits per heavy atom. The van der Waals surface area contributed by atoms with Crippen molar-refractivity contribution in [2.75, 3.05) is 0 Å². The monoisotopic (exact) mass is 617 g/mol. The van der Waals surface area contributed by atoms with Gasteiger partial charge in [-0.15, -0.1) is 11.3 Å². The van der Waals surface area contributed by atoms with Crippen molar-refractivity contribution in [1.29, 1.82) is 0 Å². The van der Waals surface area contributed by atoms with Gasteiger partial charge < -0.3 is 4.42 Å². The van der Waals surface area contributed by atoms with Gasteiger partial charge in [0.05, 0.1) is 11.0 Å². The van der Waals surface area contributed by atoms with Gasteiger partial charge in [-0.05, 0) is 23.6 Å². The number of hydrogen-bond donors (Lipinski definition) is 0. The number of benzene rings is 7. The molecular formula is C42H23N3OS. The molecule has 218 valence electrons. The third-order valence-electron chi connectivity index (χ3n) is 9.59. The first-order chi connectivity index (χ1) is 23.3. The SMILES string of the molecule is c1ccc(-c2nc(-n3c4ccccc4c4c5c6ccccc6sc5c5ccccc5c43)nc3c2oc2c4ccccc4ccc32)cc1. The Morgan fingerprint density at radius 2 is 1.21 bits per heavy atom. The predicted molar refractivity (Wildman–Crippen MR) is 197 cm³/mol. The molecule has 0 fully saturated rings. The van der Waals surface area contributed by atoms with Crippen LogP contribution >= 0.6 is 11.3 Å². The van der Waals surface area contributed by atoms with E-state index in [0.29, 0.717) is 11.5 Å². The molecule has 0 radical (unpaired) electrons. The lowest BCUT2D eigenvalue weighted by atomic mass is 10.00. The van der Waals surface area contributed by atoms with Crippen molar-refractivity contribution >= 4 is 96.9 Å². The highest BCUT2D eigenvalue weighted by atomic mass is 32.1. The van der Waals surface area contributed by atoms with Crippen LogP contribution in [0, 0.1) is 0 Å². The molecule has 4 heterocycles. The molecule has 0 amide bonds. The Labute approximate surface area is 271 Å². The second kappa shape index (κ2) is 9.25. The lowest BCUT2D eigenvalue weighted by Gasteiger charge is -2.11. The van der Waals surface area contributed by atoms with Crippen molar-refractivity contribution < 1.29 is 4.42 Å². The number of para-hydroxylation sites is 1. The van der Waals surface area contributed by atoms with Crippen molar-refractivity contribution in [1.82, 2.24) is 14.5 Å². The lowest BCUT2D eigenvalue weighted by Crippen LogP contribution is -2.03. The molecule has 0 spiro atoms. The first kappa shape index (κ1) is 25.2. The van der Waals surface area contributed by atoms with E-state index in [0.717, 1.165) is 49.5 Å². The van der Waals surface area contributed by atoms with E-state index in [1.807, 2.05) is 29.5 Å². The van der Waals surface area contributed by atoms with Gasteiger partial charge in [0.15, 0.2) is 5.58 Å². The zero-order valence-electron chi connectivity index (χ0n) is 24.9. The van der Waals surface area contributed by atoms with E-state index >= 15 is 0 Å². The zero-order valence-corrected chi connectivity index (χ0v) is 25.8. The molecular weight excluding hydrogens is 595 g/mol. The van der Waals surface area contributed by atoms with Crippen LogP contribution in [0.5, 0.6) is 0 Å². The smallest absolute Gasteiger partial charge is 0.236 e. The molecule has 0 saturated carbocycles. The van der Waals surface area contributed by atoms with E-state index in [9.17, 15) is 0 Å². The number of rotatable bonds is 2. The number of nitrogens with zero attached hydrogens (tertiary/aromatic N) is 3. The van der Waals surface area contributed by atoms with Crippen molar-refractivity contribution in [2.24, 2.45) is 0 Å². The van der Waals surface area contributed by atoms with Crippen LogP contribution in [0.15, 0.2) is 144 Å². The maximum absolute atomic E-state index is 6.73. The van der Waals surface area contributed by atoms with Gasteiger partial charge in [-0.2, -0.15) is 0 Å². The minimum Gasteiger partial charge on any atom is -0.451 e. The fourth-order valence-corrected chi connectivity index (χ4v) is 8.83. The molecule has 0 bridgehead atoms. The zero-order chi connectivity index (χ0) is 30.6. The minimum absolute atomic E-state index is 0.627. The van der Waals surface area contributed by atoms with Gasteiger partial charge in [0.2, 0.25) is 5.95 Å². The fraction of sp³-hybridized carbons (Fsp3) is 0. The summed E-state index contributed by atoms with van der Waals surface area (Å²) in [6.45, 7) is 0. The normalized spacial score (nSPS) is 12.3. The maximum atomic E-state index is 6.73. The van der Waals surface area contributed by atoms with Gasteiger partial charge in [-0.1, -0.05) is 121 Å². The predicted octanol–water partition coefficient (Wildman–Crippen LogP) is 11.8. The Hall–Kier alpha value is -6.04. The van der Waals surface area contributed by atoms with Crippen LogP contribution in [0.1, 0.15) is 0 Å². The lowest BCUT2D eigenvalue weighted by molar-refractivity contribution is 0.670. The van der Waals surface area contributed by atoms with Crippen LogP contribution in [-0.4, -0.2) is 14.5 Å². The summed E-state index contributed by atoms with van der Waals surface area (Å²) in [4.78, 5) is 10.8. The molecule has 0 saturated heterocycles. The Bertz CT molecular complexity index is 3080. The summed E-state index contributed by atoms with van der Waals surface area (Å²) in [7, 11) is 0. The molecule has 0 atom stereocenters. The highest BCUT2D eigenvalue weighted by molar-refractivity contribution is 7.27. The molecule has 47 heavy (non-hydrogen) atoms. The third-order valence-corrected chi connectivity index (χ3v) is 10.8. The third kappa shape index (κ3) is 3.36. The number of furan rings is 1. The Balaban J connectivity index is 1.37. The second-order valence-corrected chi connectivity index (χ2v) is 13.2. The molecule has 7 aromatic carbocycles. The summed E-state index contributed by atoms with van der Waals surface area (Å²) < 4.78 is 11.6. The molecule has 5 heteroatoms. The largest absolute Gasteiger partial charge is 0.451 e. The summed E-state index contributed by atoms with van der Waals surface area (Å²) in [5, 5.41) is 10.6. The van der Waals surface area contributed by atoms with Gasteiger partial charge >= 0.3 is 0 Å². The summed E-state index contributed by atoms with van der Waals surface area (Å²) in [5.74, 6) is 0.627. The molecule has 11 rings (SSSR count). The van der Waals surface area contributed by atoms with Gasteiger partial charge in [-0.25, -0.2) is 9.97 Å². The Morgan fingerprint density at radius 1 is 0.511 bits per heavy atom. The highest BCUT2D eigenvalue weighted by Crippen LogP contribution is 2.48. The van der Waals surface area contributed by atoms with E-state index in [4.69, 9.17) is 14.4 Å². The van der Waals surface area contributed by atoms with E-state index < -0.39 is 0 Å². The number of aromatic nitrogens is 3. The first-order valence-corrected chi connectivity index (χ1v) is 16.6. The summed E-state index contributed by atoms with van der Waals surface area (Å²) >= 11 is 1.87. The summed E-state index contributed by atoms with van der Waals surface area (Å²) in [5.41, 5.74) is 6.31.